The van der Waals surface area contributed by atoms with Gasteiger partial charge in [-0.05, 0) is 48.2 Å². The van der Waals surface area contributed by atoms with Crippen molar-refractivity contribution in [3.63, 3.8) is 0 Å². The van der Waals surface area contributed by atoms with Crippen LogP contribution in [0.15, 0.2) is 48.5 Å². The Balaban J connectivity index is 1.82. The summed E-state index contributed by atoms with van der Waals surface area (Å²) in [5.41, 5.74) is 1.03. The molecule has 0 aliphatic carbocycles. The summed E-state index contributed by atoms with van der Waals surface area (Å²) in [6, 6.07) is 12.4. The molecule has 1 heterocycles. The van der Waals surface area contributed by atoms with Crippen LogP contribution in [0, 0.1) is 5.82 Å². The fourth-order valence-corrected chi connectivity index (χ4v) is 3.96. The molecule has 2 aromatic carbocycles. The summed E-state index contributed by atoms with van der Waals surface area (Å²) in [6.45, 7) is 0.885. The van der Waals surface area contributed by atoms with Crippen molar-refractivity contribution < 1.29 is 22.3 Å². The number of anilines is 1. The van der Waals surface area contributed by atoms with Gasteiger partial charge < -0.3 is 10.1 Å². The van der Waals surface area contributed by atoms with Crippen LogP contribution in [0.3, 0.4) is 0 Å². The van der Waals surface area contributed by atoms with Gasteiger partial charge in [0, 0.05) is 18.9 Å². The van der Waals surface area contributed by atoms with Crippen molar-refractivity contribution in [1.82, 2.24) is 0 Å². The number of ether oxygens (including phenoxy) is 1. The molecule has 0 saturated carbocycles. The fourth-order valence-electron chi connectivity index (χ4n) is 3.30. The van der Waals surface area contributed by atoms with E-state index in [0.717, 1.165) is 5.56 Å². The van der Waals surface area contributed by atoms with Crippen molar-refractivity contribution in [1.29, 1.82) is 0 Å². The number of sulfonamides is 1. The summed E-state index contributed by atoms with van der Waals surface area (Å²) >= 11 is 0. The average Bonchev–Trinajstić information content (AvgIpc) is 2.63. The second-order valence-electron chi connectivity index (χ2n) is 6.66. The SMILES string of the molecule is NS(=O)(=O)Cc1ccc(NC(=O)C2(c3ccc(F)cc3)CCOCC2)cc1. The Morgan fingerprint density at radius 2 is 1.67 bits per heavy atom. The minimum atomic E-state index is -3.61. The van der Waals surface area contributed by atoms with Gasteiger partial charge in [-0.25, -0.2) is 17.9 Å². The van der Waals surface area contributed by atoms with E-state index in [4.69, 9.17) is 9.88 Å². The number of hydrogen-bond donors (Lipinski definition) is 2. The topological polar surface area (TPSA) is 98.5 Å². The highest BCUT2D eigenvalue weighted by Gasteiger charge is 2.41. The molecule has 2 aromatic rings. The van der Waals surface area contributed by atoms with Crippen LogP contribution in [-0.2, 0) is 30.7 Å². The molecule has 3 rings (SSSR count). The van der Waals surface area contributed by atoms with Gasteiger partial charge in [0.2, 0.25) is 15.9 Å². The molecule has 1 aliphatic heterocycles. The van der Waals surface area contributed by atoms with Crippen LogP contribution < -0.4 is 10.5 Å². The first kappa shape index (κ1) is 19.5. The Kier molecular flexibility index (Phi) is 5.59. The lowest BCUT2D eigenvalue weighted by Gasteiger charge is -2.36. The van der Waals surface area contributed by atoms with Crippen molar-refractivity contribution >= 4 is 21.6 Å². The van der Waals surface area contributed by atoms with E-state index in [1.807, 2.05) is 0 Å². The van der Waals surface area contributed by atoms with Crippen LogP contribution in [0.4, 0.5) is 10.1 Å². The van der Waals surface area contributed by atoms with E-state index >= 15 is 0 Å². The zero-order chi connectivity index (χ0) is 19.5. The largest absolute Gasteiger partial charge is 0.381 e. The van der Waals surface area contributed by atoms with Gasteiger partial charge in [0.05, 0.1) is 11.2 Å². The van der Waals surface area contributed by atoms with E-state index in [2.05, 4.69) is 5.32 Å². The van der Waals surface area contributed by atoms with Gasteiger partial charge >= 0.3 is 0 Å². The Morgan fingerprint density at radius 1 is 1.07 bits per heavy atom. The zero-order valence-corrected chi connectivity index (χ0v) is 15.5. The molecule has 1 saturated heterocycles. The molecule has 1 aliphatic rings. The smallest absolute Gasteiger partial charge is 0.235 e. The zero-order valence-electron chi connectivity index (χ0n) is 14.7. The standard InChI is InChI=1S/C19H21FN2O4S/c20-16-5-3-15(4-6-16)19(9-11-26-12-10-19)18(23)22-17-7-1-14(2-8-17)13-27(21,24)25/h1-8H,9-13H2,(H,22,23)(H2,21,24,25). The highest BCUT2D eigenvalue weighted by molar-refractivity contribution is 7.88. The number of carbonyl (C=O) groups is 1. The minimum absolute atomic E-state index is 0.198. The maximum Gasteiger partial charge on any atom is 0.235 e. The van der Waals surface area contributed by atoms with E-state index in [0.29, 0.717) is 37.3 Å². The van der Waals surface area contributed by atoms with Gasteiger partial charge in [-0.1, -0.05) is 24.3 Å². The van der Waals surface area contributed by atoms with Gasteiger partial charge in [0.1, 0.15) is 5.82 Å². The molecule has 6 nitrogen and oxygen atoms in total. The summed E-state index contributed by atoms with van der Waals surface area (Å²) < 4.78 is 41.0. The molecule has 144 valence electrons. The highest BCUT2D eigenvalue weighted by Crippen LogP contribution is 2.36. The van der Waals surface area contributed by atoms with E-state index in [1.54, 1.807) is 36.4 Å². The number of carbonyl (C=O) groups excluding carboxylic acids is 1. The summed E-state index contributed by atoms with van der Waals surface area (Å²) in [5.74, 6) is -0.818. The number of rotatable bonds is 5. The monoisotopic (exact) mass is 392 g/mol. The van der Waals surface area contributed by atoms with Crippen LogP contribution in [0.1, 0.15) is 24.0 Å². The van der Waals surface area contributed by atoms with Crippen molar-refractivity contribution in [2.75, 3.05) is 18.5 Å². The molecule has 8 heteroatoms. The van der Waals surface area contributed by atoms with Crippen LogP contribution in [0.5, 0.6) is 0 Å². The summed E-state index contributed by atoms with van der Waals surface area (Å²) in [6.07, 6.45) is 0.988. The van der Waals surface area contributed by atoms with Crippen molar-refractivity contribution in [3.8, 4) is 0 Å². The van der Waals surface area contributed by atoms with Gasteiger partial charge in [0.15, 0.2) is 0 Å². The lowest BCUT2D eigenvalue weighted by molar-refractivity contribution is -0.125. The van der Waals surface area contributed by atoms with Crippen molar-refractivity contribution in [2.24, 2.45) is 5.14 Å². The van der Waals surface area contributed by atoms with Crippen LogP contribution >= 0.6 is 0 Å². The normalized spacial score (nSPS) is 16.7. The molecule has 0 bridgehead atoms. The molecule has 0 spiro atoms. The molecular formula is C19H21FN2O4S. The maximum absolute atomic E-state index is 13.3. The van der Waals surface area contributed by atoms with Gasteiger partial charge in [-0.3, -0.25) is 4.79 Å². The van der Waals surface area contributed by atoms with Crippen molar-refractivity contribution in [3.05, 3.63) is 65.5 Å². The predicted molar refractivity (Wildman–Crippen MR) is 100 cm³/mol. The lowest BCUT2D eigenvalue weighted by Crippen LogP contribution is -2.44. The van der Waals surface area contributed by atoms with Gasteiger partial charge in [-0.15, -0.1) is 0 Å². The Hall–Kier alpha value is -2.29. The van der Waals surface area contributed by atoms with Crippen molar-refractivity contribution in [2.45, 2.75) is 24.0 Å². The number of hydrogen-bond acceptors (Lipinski definition) is 4. The number of benzene rings is 2. The lowest BCUT2D eigenvalue weighted by atomic mass is 9.73. The van der Waals surface area contributed by atoms with Gasteiger partial charge in [-0.2, -0.15) is 0 Å². The van der Waals surface area contributed by atoms with E-state index in [-0.39, 0.29) is 17.5 Å². The molecule has 3 N–H and O–H groups in total. The third-order valence-corrected chi connectivity index (χ3v) is 5.49. The van der Waals surface area contributed by atoms with Crippen LogP contribution in [0.25, 0.3) is 0 Å². The molecule has 0 unspecified atom stereocenters. The molecule has 0 radical (unpaired) electrons. The molecule has 1 fully saturated rings. The van der Waals surface area contributed by atoms with Crippen LogP contribution in [-0.4, -0.2) is 27.5 Å². The fraction of sp³-hybridized carbons (Fsp3) is 0.316. The Morgan fingerprint density at radius 3 is 2.22 bits per heavy atom. The highest BCUT2D eigenvalue weighted by atomic mass is 32.2. The molecule has 1 amide bonds. The summed E-state index contributed by atoms with van der Waals surface area (Å²) in [7, 11) is -3.61. The second kappa shape index (κ2) is 7.75. The average molecular weight is 392 g/mol. The molecule has 0 atom stereocenters. The van der Waals surface area contributed by atoms with E-state index < -0.39 is 15.4 Å². The number of nitrogens with one attached hydrogen (secondary N) is 1. The first-order chi connectivity index (χ1) is 12.8. The molecule has 0 aromatic heterocycles. The van der Waals surface area contributed by atoms with Crippen LogP contribution in [0.2, 0.25) is 0 Å². The number of amides is 1. The first-order valence-corrected chi connectivity index (χ1v) is 10.2. The molecular weight excluding hydrogens is 371 g/mol. The quantitative estimate of drug-likeness (QED) is 0.816. The summed E-state index contributed by atoms with van der Waals surface area (Å²) in [4.78, 5) is 13.1. The third-order valence-electron chi connectivity index (χ3n) is 4.76. The third kappa shape index (κ3) is 4.71. The predicted octanol–water partition coefficient (Wildman–Crippen LogP) is 2.30. The maximum atomic E-state index is 13.3. The number of primary sulfonamides is 1. The van der Waals surface area contributed by atoms with E-state index in [9.17, 15) is 17.6 Å². The summed E-state index contributed by atoms with van der Waals surface area (Å²) in [5, 5.41) is 7.93. The minimum Gasteiger partial charge on any atom is -0.381 e. The second-order valence-corrected chi connectivity index (χ2v) is 8.27. The Labute approximate surface area is 157 Å². The molecule has 27 heavy (non-hydrogen) atoms. The first-order valence-electron chi connectivity index (χ1n) is 8.53. The van der Waals surface area contributed by atoms with E-state index in [1.165, 1.54) is 12.1 Å². The van der Waals surface area contributed by atoms with Gasteiger partial charge in [0.25, 0.3) is 0 Å². The Bertz CT molecular complexity index is 906. The number of halogens is 1. The number of nitrogens with two attached hydrogens (primary N) is 1.